The molecule has 0 aliphatic carbocycles. The smallest absolute Gasteiger partial charge is 0.218 e. The van der Waals surface area contributed by atoms with Gasteiger partial charge < -0.3 is 10.2 Å². The van der Waals surface area contributed by atoms with Gasteiger partial charge in [0.25, 0.3) is 0 Å². The lowest BCUT2D eigenvalue weighted by molar-refractivity contribution is 0.199. The maximum absolute atomic E-state index is 4.95. The highest BCUT2D eigenvalue weighted by Crippen LogP contribution is 2.03. The summed E-state index contributed by atoms with van der Waals surface area (Å²) in [5.74, 6) is 0.782. The van der Waals surface area contributed by atoms with E-state index in [2.05, 4.69) is 10.5 Å². The second-order valence-electron chi connectivity index (χ2n) is 2.09. The van der Waals surface area contributed by atoms with Gasteiger partial charge in [0.15, 0.2) is 0 Å². The van der Waals surface area contributed by atoms with E-state index in [0.29, 0.717) is 0 Å². The fourth-order valence-electron chi connectivity index (χ4n) is 0.798. The number of nitrogens with one attached hydrogen (secondary N) is 1. The summed E-state index contributed by atoms with van der Waals surface area (Å²) in [5.41, 5.74) is 0. The van der Waals surface area contributed by atoms with Gasteiger partial charge in [-0.3, -0.25) is 0 Å². The van der Waals surface area contributed by atoms with Crippen LogP contribution in [-0.4, -0.2) is 12.8 Å². The van der Waals surface area contributed by atoms with Gasteiger partial charge in [0.1, 0.15) is 0 Å². The van der Waals surface area contributed by atoms with E-state index < -0.39 is 0 Å². The van der Waals surface area contributed by atoms with Crippen molar-refractivity contribution in [3.05, 3.63) is 12.0 Å². The maximum Gasteiger partial charge on any atom is 0.218 e. The Kier molecular flexibility index (Phi) is 7.44. The monoisotopic (exact) mass is 170 g/mol. The summed E-state index contributed by atoms with van der Waals surface area (Å²) < 4.78 is 0. The molecule has 0 amide bonds. The number of hydrogen-bond donors (Lipinski definition) is 1. The van der Waals surface area contributed by atoms with E-state index in [9.17, 15) is 0 Å². The first-order chi connectivity index (χ1) is 5.93. The van der Waals surface area contributed by atoms with Gasteiger partial charge in [0.2, 0.25) is 5.88 Å². The lowest BCUT2D eigenvalue weighted by Crippen LogP contribution is -2.19. The van der Waals surface area contributed by atoms with Gasteiger partial charge in [-0.25, -0.2) is 0 Å². The van der Waals surface area contributed by atoms with E-state index in [1.807, 2.05) is 26.8 Å². The standard InChI is InChI=1S/C7H12N2O.C2H6/c1-2-9-10-7-5-3-4-6-8-7;1-2/h2,5,8H,3-4,6H2,1H3;1-2H3/b9-2-;. The second kappa shape index (κ2) is 8.11. The van der Waals surface area contributed by atoms with Gasteiger partial charge in [-0.15, -0.1) is 0 Å². The van der Waals surface area contributed by atoms with Gasteiger partial charge in [-0.2, -0.15) is 0 Å². The molecule has 1 aliphatic heterocycles. The van der Waals surface area contributed by atoms with Crippen molar-refractivity contribution in [2.45, 2.75) is 33.6 Å². The molecular formula is C9H18N2O. The van der Waals surface area contributed by atoms with Crippen LogP contribution in [0.15, 0.2) is 17.1 Å². The van der Waals surface area contributed by atoms with Crippen LogP contribution in [0.5, 0.6) is 0 Å². The summed E-state index contributed by atoms with van der Waals surface area (Å²) in [6.45, 7) is 6.81. The molecule has 0 saturated heterocycles. The van der Waals surface area contributed by atoms with Crippen molar-refractivity contribution in [2.75, 3.05) is 6.54 Å². The molecule has 0 aromatic carbocycles. The van der Waals surface area contributed by atoms with Crippen molar-refractivity contribution in [1.29, 1.82) is 0 Å². The Morgan fingerprint density at radius 1 is 1.58 bits per heavy atom. The highest BCUT2D eigenvalue weighted by atomic mass is 16.6. The molecule has 0 saturated carbocycles. The molecule has 0 unspecified atom stereocenters. The van der Waals surface area contributed by atoms with Gasteiger partial charge in [-0.05, 0) is 25.8 Å². The third-order valence-corrected chi connectivity index (χ3v) is 1.27. The minimum atomic E-state index is 0.782. The SMILES string of the molecule is C/C=N\OC1=CCCCN1.CC. The summed E-state index contributed by atoms with van der Waals surface area (Å²) in [7, 11) is 0. The molecule has 0 spiro atoms. The predicted octanol–water partition coefficient (Wildman–Crippen LogP) is 2.26. The first-order valence-corrected chi connectivity index (χ1v) is 4.52. The van der Waals surface area contributed by atoms with Crippen molar-refractivity contribution < 1.29 is 4.84 Å². The molecule has 70 valence electrons. The average molecular weight is 170 g/mol. The Labute approximate surface area is 74.5 Å². The minimum absolute atomic E-state index is 0.782. The topological polar surface area (TPSA) is 33.6 Å². The number of allylic oxidation sites excluding steroid dienone is 1. The van der Waals surface area contributed by atoms with Crippen LogP contribution in [0.4, 0.5) is 0 Å². The quantitative estimate of drug-likeness (QED) is 0.509. The van der Waals surface area contributed by atoms with Crippen LogP contribution in [0.1, 0.15) is 33.6 Å². The lowest BCUT2D eigenvalue weighted by atomic mass is 10.2. The van der Waals surface area contributed by atoms with Gasteiger partial charge >= 0.3 is 0 Å². The molecule has 1 aliphatic rings. The van der Waals surface area contributed by atoms with Crippen molar-refractivity contribution in [3.8, 4) is 0 Å². The Bertz CT molecular complexity index is 153. The van der Waals surface area contributed by atoms with E-state index in [0.717, 1.165) is 18.8 Å². The Morgan fingerprint density at radius 3 is 2.83 bits per heavy atom. The molecule has 1 N–H and O–H groups in total. The first kappa shape index (κ1) is 11.0. The van der Waals surface area contributed by atoms with Gasteiger partial charge in [0.05, 0.1) is 0 Å². The summed E-state index contributed by atoms with van der Waals surface area (Å²) in [6, 6.07) is 0. The Morgan fingerprint density at radius 2 is 2.33 bits per heavy atom. The third-order valence-electron chi connectivity index (χ3n) is 1.27. The van der Waals surface area contributed by atoms with Crippen molar-refractivity contribution in [1.82, 2.24) is 5.32 Å². The molecule has 3 heteroatoms. The highest BCUT2D eigenvalue weighted by Gasteiger charge is 2.00. The number of oxime groups is 1. The summed E-state index contributed by atoms with van der Waals surface area (Å²) in [5, 5.41) is 6.72. The number of hydrogen-bond acceptors (Lipinski definition) is 3. The molecule has 0 atom stereocenters. The Hall–Kier alpha value is -0.990. The van der Waals surface area contributed by atoms with Crippen LogP contribution in [0.3, 0.4) is 0 Å². The third kappa shape index (κ3) is 4.77. The molecule has 0 radical (unpaired) electrons. The van der Waals surface area contributed by atoms with Crippen molar-refractivity contribution >= 4 is 6.21 Å². The van der Waals surface area contributed by atoms with Crippen LogP contribution in [0.2, 0.25) is 0 Å². The van der Waals surface area contributed by atoms with E-state index in [-0.39, 0.29) is 0 Å². The molecule has 0 aromatic heterocycles. The molecule has 0 bridgehead atoms. The van der Waals surface area contributed by atoms with Crippen LogP contribution >= 0.6 is 0 Å². The van der Waals surface area contributed by atoms with E-state index in [1.165, 1.54) is 6.42 Å². The van der Waals surface area contributed by atoms with Crippen molar-refractivity contribution in [3.63, 3.8) is 0 Å². The molecule has 3 nitrogen and oxygen atoms in total. The van der Waals surface area contributed by atoms with E-state index in [1.54, 1.807) is 6.21 Å². The second-order valence-corrected chi connectivity index (χ2v) is 2.09. The minimum Gasteiger partial charge on any atom is -0.354 e. The molecule has 1 rings (SSSR count). The predicted molar refractivity (Wildman–Crippen MR) is 51.9 cm³/mol. The fraction of sp³-hybridized carbons (Fsp3) is 0.667. The fourth-order valence-corrected chi connectivity index (χ4v) is 0.798. The maximum atomic E-state index is 4.95. The summed E-state index contributed by atoms with van der Waals surface area (Å²) >= 11 is 0. The molecule has 0 fully saturated rings. The summed E-state index contributed by atoms with van der Waals surface area (Å²) in [6.07, 6.45) is 5.90. The number of nitrogens with zero attached hydrogens (tertiary/aromatic N) is 1. The van der Waals surface area contributed by atoms with Crippen LogP contribution in [0, 0.1) is 0 Å². The highest BCUT2D eigenvalue weighted by molar-refractivity contribution is 5.52. The average Bonchev–Trinajstić information content (AvgIpc) is 2.19. The number of rotatable bonds is 2. The normalized spacial score (nSPS) is 15.8. The van der Waals surface area contributed by atoms with E-state index in [4.69, 9.17) is 4.84 Å². The zero-order valence-corrected chi connectivity index (χ0v) is 8.13. The van der Waals surface area contributed by atoms with E-state index >= 15 is 0 Å². The zero-order valence-electron chi connectivity index (χ0n) is 8.13. The van der Waals surface area contributed by atoms with Crippen molar-refractivity contribution in [2.24, 2.45) is 5.16 Å². The van der Waals surface area contributed by atoms with Gasteiger partial charge in [0, 0.05) is 12.8 Å². The largest absolute Gasteiger partial charge is 0.354 e. The van der Waals surface area contributed by atoms with Crippen LogP contribution in [0.25, 0.3) is 0 Å². The molecule has 0 aromatic rings. The van der Waals surface area contributed by atoms with Crippen LogP contribution in [-0.2, 0) is 4.84 Å². The molecular weight excluding hydrogens is 152 g/mol. The lowest BCUT2D eigenvalue weighted by Gasteiger charge is -2.11. The molecule has 12 heavy (non-hydrogen) atoms. The summed E-state index contributed by atoms with van der Waals surface area (Å²) in [4.78, 5) is 4.95. The zero-order chi connectivity index (χ0) is 9.23. The van der Waals surface area contributed by atoms with Gasteiger partial charge in [-0.1, -0.05) is 19.0 Å². The Balaban J connectivity index is 0.000000561. The van der Waals surface area contributed by atoms with Crippen LogP contribution < -0.4 is 5.32 Å². The molecule has 1 heterocycles. The first-order valence-electron chi connectivity index (χ1n) is 4.52.